The number of amides is 1. The molecule has 3 nitrogen and oxygen atoms in total. The summed E-state index contributed by atoms with van der Waals surface area (Å²) < 4.78 is 25.7. The first kappa shape index (κ1) is 15.6. The average Bonchev–Trinajstić information content (AvgIpc) is 2.29. The number of nitrogens with one attached hydrogen (secondary N) is 1. The Labute approximate surface area is 111 Å². The first-order chi connectivity index (χ1) is 8.70. The molecule has 0 aliphatic rings. The van der Waals surface area contributed by atoms with Gasteiger partial charge in [-0.3, -0.25) is 4.79 Å². The Balaban J connectivity index is 2.48. The minimum atomic E-state index is -1.42. The van der Waals surface area contributed by atoms with Gasteiger partial charge in [-0.05, 0) is 51.3 Å². The van der Waals surface area contributed by atoms with Crippen LogP contribution in [0.25, 0.3) is 0 Å². The second-order valence-electron chi connectivity index (χ2n) is 5.22. The normalized spacial score (nSPS) is 13.2. The number of aliphatic hydroxyl groups is 1. The Morgan fingerprint density at radius 2 is 2.00 bits per heavy atom. The van der Waals surface area contributed by atoms with Crippen molar-refractivity contribution in [1.29, 1.82) is 0 Å². The largest absolute Gasteiger partial charge is 0.381 e. The van der Waals surface area contributed by atoms with Crippen LogP contribution >= 0.6 is 0 Å². The monoisotopic (exact) mass is 271 g/mol. The standard InChI is InChI=1S/C14H19F2NO2/c1-9(17-13(18)14(2,3)19)4-5-10-6-7-11(15)12(16)8-10/h6-9,19H,4-5H2,1-3H3,(H,17,18)/t9-/m0/s1. The summed E-state index contributed by atoms with van der Waals surface area (Å²) in [4.78, 5) is 11.5. The third-order valence-corrected chi connectivity index (χ3v) is 2.78. The number of carbonyl (C=O) groups excluding carboxylic acids is 1. The van der Waals surface area contributed by atoms with Crippen LogP contribution in [0.15, 0.2) is 18.2 Å². The molecule has 1 aromatic rings. The fourth-order valence-corrected chi connectivity index (χ4v) is 1.55. The third kappa shape index (κ3) is 4.95. The zero-order valence-electron chi connectivity index (χ0n) is 11.3. The average molecular weight is 271 g/mol. The molecule has 1 aromatic carbocycles. The molecule has 0 fully saturated rings. The predicted octanol–water partition coefficient (Wildman–Crippen LogP) is 2.17. The molecule has 106 valence electrons. The van der Waals surface area contributed by atoms with Crippen molar-refractivity contribution in [3.8, 4) is 0 Å². The zero-order valence-corrected chi connectivity index (χ0v) is 11.3. The van der Waals surface area contributed by atoms with E-state index in [1.807, 2.05) is 0 Å². The van der Waals surface area contributed by atoms with Gasteiger partial charge in [0.25, 0.3) is 5.91 Å². The highest BCUT2D eigenvalue weighted by atomic mass is 19.2. The lowest BCUT2D eigenvalue weighted by atomic mass is 10.0. The van der Waals surface area contributed by atoms with E-state index in [4.69, 9.17) is 0 Å². The van der Waals surface area contributed by atoms with E-state index in [1.54, 1.807) is 6.92 Å². The Morgan fingerprint density at radius 3 is 2.53 bits per heavy atom. The van der Waals surface area contributed by atoms with E-state index in [0.717, 1.165) is 12.1 Å². The maximum absolute atomic E-state index is 13.0. The van der Waals surface area contributed by atoms with Crippen molar-refractivity contribution in [3.63, 3.8) is 0 Å². The number of rotatable bonds is 5. The smallest absolute Gasteiger partial charge is 0.251 e. The van der Waals surface area contributed by atoms with Crippen LogP contribution in [0.4, 0.5) is 8.78 Å². The molecule has 1 amide bonds. The predicted molar refractivity (Wildman–Crippen MR) is 68.6 cm³/mol. The van der Waals surface area contributed by atoms with E-state index in [9.17, 15) is 18.7 Å². The van der Waals surface area contributed by atoms with Crippen LogP contribution < -0.4 is 5.32 Å². The Kier molecular flexibility index (Phi) is 5.00. The summed E-state index contributed by atoms with van der Waals surface area (Å²) in [6.07, 6.45) is 1.09. The first-order valence-corrected chi connectivity index (χ1v) is 6.17. The van der Waals surface area contributed by atoms with Crippen LogP contribution in [-0.4, -0.2) is 22.7 Å². The Hall–Kier alpha value is -1.49. The van der Waals surface area contributed by atoms with E-state index in [0.29, 0.717) is 18.4 Å². The van der Waals surface area contributed by atoms with Gasteiger partial charge in [-0.25, -0.2) is 8.78 Å². The van der Waals surface area contributed by atoms with Crippen molar-refractivity contribution in [2.75, 3.05) is 0 Å². The van der Waals surface area contributed by atoms with Gasteiger partial charge in [0, 0.05) is 6.04 Å². The molecule has 1 rings (SSSR count). The summed E-state index contributed by atoms with van der Waals surface area (Å²) in [5, 5.41) is 12.1. The van der Waals surface area contributed by atoms with Crippen molar-refractivity contribution in [3.05, 3.63) is 35.4 Å². The molecule has 0 spiro atoms. The minimum Gasteiger partial charge on any atom is -0.381 e. The van der Waals surface area contributed by atoms with Gasteiger partial charge in [-0.15, -0.1) is 0 Å². The number of hydrogen-bond acceptors (Lipinski definition) is 2. The van der Waals surface area contributed by atoms with Crippen LogP contribution in [0.3, 0.4) is 0 Å². The molecule has 1 atom stereocenters. The topological polar surface area (TPSA) is 49.3 Å². The molecule has 0 heterocycles. The highest BCUT2D eigenvalue weighted by Gasteiger charge is 2.24. The van der Waals surface area contributed by atoms with Crippen LogP contribution in [0.1, 0.15) is 32.8 Å². The maximum atomic E-state index is 13.0. The van der Waals surface area contributed by atoms with E-state index >= 15 is 0 Å². The van der Waals surface area contributed by atoms with Crippen molar-refractivity contribution in [2.24, 2.45) is 0 Å². The molecule has 0 aromatic heterocycles. The lowest BCUT2D eigenvalue weighted by molar-refractivity contribution is -0.137. The molecule has 0 saturated heterocycles. The number of aryl methyl sites for hydroxylation is 1. The summed E-state index contributed by atoms with van der Waals surface area (Å²) in [7, 11) is 0. The fourth-order valence-electron chi connectivity index (χ4n) is 1.55. The van der Waals surface area contributed by atoms with Crippen molar-refractivity contribution in [1.82, 2.24) is 5.32 Å². The van der Waals surface area contributed by atoms with E-state index < -0.39 is 23.1 Å². The molecule has 19 heavy (non-hydrogen) atoms. The second-order valence-corrected chi connectivity index (χ2v) is 5.22. The number of halogens is 2. The molecule has 0 radical (unpaired) electrons. The van der Waals surface area contributed by atoms with Gasteiger partial charge in [0.05, 0.1) is 0 Å². The quantitative estimate of drug-likeness (QED) is 0.862. The highest BCUT2D eigenvalue weighted by Crippen LogP contribution is 2.11. The van der Waals surface area contributed by atoms with Gasteiger partial charge in [0.2, 0.25) is 0 Å². The molecule has 0 saturated carbocycles. The van der Waals surface area contributed by atoms with Crippen LogP contribution in [0, 0.1) is 11.6 Å². The van der Waals surface area contributed by atoms with Gasteiger partial charge >= 0.3 is 0 Å². The summed E-state index contributed by atoms with van der Waals surface area (Å²) in [5.41, 5.74) is -0.751. The number of hydrogen-bond donors (Lipinski definition) is 2. The van der Waals surface area contributed by atoms with E-state index in [2.05, 4.69) is 5.32 Å². The van der Waals surface area contributed by atoms with Crippen molar-refractivity contribution < 1.29 is 18.7 Å². The SMILES string of the molecule is C[C@@H](CCc1ccc(F)c(F)c1)NC(=O)C(C)(C)O. The molecule has 0 unspecified atom stereocenters. The molecular weight excluding hydrogens is 252 g/mol. The van der Waals surface area contributed by atoms with Gasteiger partial charge < -0.3 is 10.4 Å². The lowest BCUT2D eigenvalue weighted by Gasteiger charge is -2.21. The van der Waals surface area contributed by atoms with Crippen LogP contribution in [-0.2, 0) is 11.2 Å². The molecular formula is C14H19F2NO2. The van der Waals surface area contributed by atoms with E-state index in [1.165, 1.54) is 19.9 Å². The van der Waals surface area contributed by atoms with Gasteiger partial charge in [-0.2, -0.15) is 0 Å². The Morgan fingerprint density at radius 1 is 1.37 bits per heavy atom. The first-order valence-electron chi connectivity index (χ1n) is 6.17. The van der Waals surface area contributed by atoms with Crippen LogP contribution in [0.2, 0.25) is 0 Å². The van der Waals surface area contributed by atoms with Crippen LogP contribution in [0.5, 0.6) is 0 Å². The maximum Gasteiger partial charge on any atom is 0.251 e. The molecule has 0 bridgehead atoms. The van der Waals surface area contributed by atoms with Crippen molar-refractivity contribution >= 4 is 5.91 Å². The second kappa shape index (κ2) is 6.10. The third-order valence-electron chi connectivity index (χ3n) is 2.78. The lowest BCUT2D eigenvalue weighted by Crippen LogP contribution is -2.45. The molecule has 0 aliphatic carbocycles. The van der Waals surface area contributed by atoms with Crippen molar-refractivity contribution in [2.45, 2.75) is 45.3 Å². The molecule has 0 aliphatic heterocycles. The highest BCUT2D eigenvalue weighted by molar-refractivity contribution is 5.84. The molecule has 5 heteroatoms. The number of benzene rings is 1. The zero-order chi connectivity index (χ0) is 14.6. The fraction of sp³-hybridized carbons (Fsp3) is 0.500. The Bertz CT molecular complexity index is 455. The minimum absolute atomic E-state index is 0.160. The van der Waals surface area contributed by atoms with Gasteiger partial charge in [0.15, 0.2) is 11.6 Å². The summed E-state index contributed by atoms with van der Waals surface area (Å²) in [6.45, 7) is 4.61. The van der Waals surface area contributed by atoms with Gasteiger partial charge in [0.1, 0.15) is 5.60 Å². The van der Waals surface area contributed by atoms with Gasteiger partial charge in [-0.1, -0.05) is 6.07 Å². The summed E-state index contributed by atoms with van der Waals surface area (Å²) in [6, 6.07) is 3.60. The van der Waals surface area contributed by atoms with E-state index in [-0.39, 0.29) is 6.04 Å². The molecule has 2 N–H and O–H groups in total. The summed E-state index contributed by atoms with van der Waals surface area (Å²) >= 11 is 0. The number of carbonyl (C=O) groups is 1. The summed E-state index contributed by atoms with van der Waals surface area (Å²) in [5.74, 6) is -2.19.